The van der Waals surface area contributed by atoms with Gasteiger partial charge in [-0.05, 0) is 36.8 Å². The van der Waals surface area contributed by atoms with E-state index < -0.39 is 4.92 Å². The molecular formula is C22H20N4O4. The van der Waals surface area contributed by atoms with Crippen molar-refractivity contribution in [1.29, 1.82) is 0 Å². The standard InChI is InChI=1S/C22H20N4O4/c1-15-4-6-16(7-5-15)19-13-20(21-3-2-12-30-21)25(24-19)22(27)14-23-17-8-10-18(11-9-17)26(28)29/h2-12,20,23H,13-14H2,1H3/t20-/m1/s1. The number of carbonyl (C=O) groups is 1. The van der Waals surface area contributed by atoms with Gasteiger partial charge in [0.2, 0.25) is 0 Å². The van der Waals surface area contributed by atoms with Gasteiger partial charge in [0.25, 0.3) is 11.6 Å². The summed E-state index contributed by atoms with van der Waals surface area (Å²) in [6.45, 7) is 2.02. The molecule has 0 radical (unpaired) electrons. The molecule has 1 aromatic heterocycles. The first-order valence-corrected chi connectivity index (χ1v) is 9.49. The van der Waals surface area contributed by atoms with Crippen molar-refractivity contribution in [3.05, 3.63) is 93.9 Å². The number of nitrogens with zero attached hydrogens (tertiary/aromatic N) is 3. The molecule has 2 heterocycles. The van der Waals surface area contributed by atoms with Crippen LogP contribution in [0.4, 0.5) is 11.4 Å². The summed E-state index contributed by atoms with van der Waals surface area (Å²) >= 11 is 0. The third-order valence-electron chi connectivity index (χ3n) is 4.94. The molecule has 0 aliphatic carbocycles. The van der Waals surface area contributed by atoms with Crippen molar-refractivity contribution < 1.29 is 14.1 Å². The van der Waals surface area contributed by atoms with E-state index in [4.69, 9.17) is 4.42 Å². The molecule has 0 unspecified atom stereocenters. The molecule has 0 saturated heterocycles. The Labute approximate surface area is 173 Å². The molecule has 1 aliphatic rings. The number of amides is 1. The van der Waals surface area contributed by atoms with Crippen LogP contribution in [0.15, 0.2) is 76.4 Å². The van der Waals surface area contributed by atoms with E-state index >= 15 is 0 Å². The highest BCUT2D eigenvalue weighted by molar-refractivity contribution is 6.03. The summed E-state index contributed by atoms with van der Waals surface area (Å²) in [5.74, 6) is 0.446. The lowest BCUT2D eigenvalue weighted by molar-refractivity contribution is -0.384. The molecule has 1 amide bonds. The lowest BCUT2D eigenvalue weighted by Gasteiger charge is -2.20. The van der Waals surface area contributed by atoms with Crippen LogP contribution in [-0.4, -0.2) is 28.1 Å². The number of hydrazone groups is 1. The van der Waals surface area contributed by atoms with Gasteiger partial charge >= 0.3 is 0 Å². The average Bonchev–Trinajstić information content (AvgIpc) is 3.43. The van der Waals surface area contributed by atoms with E-state index in [0.717, 1.165) is 16.8 Å². The number of hydrogen-bond acceptors (Lipinski definition) is 6. The zero-order valence-electron chi connectivity index (χ0n) is 16.3. The lowest BCUT2D eigenvalue weighted by Crippen LogP contribution is -2.32. The van der Waals surface area contributed by atoms with Gasteiger partial charge in [-0.2, -0.15) is 5.10 Å². The maximum Gasteiger partial charge on any atom is 0.269 e. The minimum absolute atomic E-state index is 0.000300. The van der Waals surface area contributed by atoms with Crippen molar-refractivity contribution in [2.24, 2.45) is 5.10 Å². The maximum atomic E-state index is 12.9. The second-order valence-electron chi connectivity index (χ2n) is 7.04. The fourth-order valence-electron chi connectivity index (χ4n) is 3.32. The van der Waals surface area contributed by atoms with Crippen LogP contribution in [-0.2, 0) is 4.79 Å². The van der Waals surface area contributed by atoms with Crippen molar-refractivity contribution in [3.63, 3.8) is 0 Å². The molecule has 0 bridgehead atoms. The second kappa shape index (κ2) is 8.20. The number of carbonyl (C=O) groups excluding carboxylic acids is 1. The zero-order chi connectivity index (χ0) is 21.1. The van der Waals surface area contributed by atoms with E-state index in [2.05, 4.69) is 10.4 Å². The molecule has 2 aromatic carbocycles. The maximum absolute atomic E-state index is 12.9. The van der Waals surface area contributed by atoms with Crippen molar-refractivity contribution in [1.82, 2.24) is 5.01 Å². The Hall–Kier alpha value is -3.94. The predicted molar refractivity (Wildman–Crippen MR) is 112 cm³/mol. The molecule has 152 valence electrons. The highest BCUT2D eigenvalue weighted by Crippen LogP contribution is 2.33. The Morgan fingerprint density at radius 3 is 2.57 bits per heavy atom. The van der Waals surface area contributed by atoms with E-state index in [1.54, 1.807) is 24.5 Å². The minimum atomic E-state index is -0.464. The Balaban J connectivity index is 1.51. The molecule has 1 atom stereocenters. The number of anilines is 1. The molecule has 0 spiro atoms. The quantitative estimate of drug-likeness (QED) is 0.488. The molecule has 1 N–H and O–H groups in total. The van der Waals surface area contributed by atoms with E-state index in [9.17, 15) is 14.9 Å². The fraction of sp³-hybridized carbons (Fsp3) is 0.182. The van der Waals surface area contributed by atoms with Crippen molar-refractivity contribution in [2.45, 2.75) is 19.4 Å². The second-order valence-corrected chi connectivity index (χ2v) is 7.04. The van der Waals surface area contributed by atoms with Crippen LogP contribution in [0, 0.1) is 17.0 Å². The predicted octanol–water partition coefficient (Wildman–Crippen LogP) is 4.29. The van der Waals surface area contributed by atoms with Gasteiger partial charge in [-0.3, -0.25) is 14.9 Å². The van der Waals surface area contributed by atoms with Gasteiger partial charge in [0.1, 0.15) is 11.8 Å². The smallest absolute Gasteiger partial charge is 0.269 e. The molecule has 1 aliphatic heterocycles. The van der Waals surface area contributed by atoms with Crippen LogP contribution in [0.25, 0.3) is 0 Å². The SMILES string of the molecule is Cc1ccc(C2=NN(C(=O)CNc3ccc([N+](=O)[O-])cc3)[C@@H](c3ccco3)C2)cc1. The summed E-state index contributed by atoms with van der Waals surface area (Å²) in [6, 6.07) is 17.3. The molecule has 4 rings (SSSR count). The van der Waals surface area contributed by atoms with Gasteiger partial charge in [-0.25, -0.2) is 5.01 Å². The van der Waals surface area contributed by atoms with E-state index in [-0.39, 0.29) is 24.2 Å². The van der Waals surface area contributed by atoms with Crippen LogP contribution in [0.3, 0.4) is 0 Å². The number of non-ortho nitro benzene ring substituents is 1. The van der Waals surface area contributed by atoms with Gasteiger partial charge in [-0.1, -0.05) is 29.8 Å². The molecule has 8 heteroatoms. The topological polar surface area (TPSA) is 101 Å². The summed E-state index contributed by atoms with van der Waals surface area (Å²) in [5, 5.41) is 19.8. The van der Waals surface area contributed by atoms with Crippen LogP contribution >= 0.6 is 0 Å². The summed E-state index contributed by atoms with van der Waals surface area (Å²) in [5.41, 5.74) is 3.55. The van der Waals surface area contributed by atoms with Gasteiger partial charge in [0.05, 0.1) is 23.4 Å². The Bertz CT molecular complexity index is 1070. The van der Waals surface area contributed by atoms with Crippen LogP contribution < -0.4 is 5.32 Å². The first-order chi connectivity index (χ1) is 14.5. The minimum Gasteiger partial charge on any atom is -0.467 e. The highest BCUT2D eigenvalue weighted by atomic mass is 16.6. The number of nitrogens with one attached hydrogen (secondary N) is 1. The van der Waals surface area contributed by atoms with Crippen LogP contribution in [0.1, 0.15) is 29.3 Å². The molecule has 0 fully saturated rings. The number of aryl methyl sites for hydroxylation is 1. The van der Waals surface area contributed by atoms with Gasteiger partial charge in [0.15, 0.2) is 0 Å². The number of nitro benzene ring substituents is 1. The molecule has 3 aromatic rings. The highest BCUT2D eigenvalue weighted by Gasteiger charge is 2.34. The summed E-state index contributed by atoms with van der Waals surface area (Å²) in [7, 11) is 0. The summed E-state index contributed by atoms with van der Waals surface area (Å²) in [4.78, 5) is 23.2. The molecule has 30 heavy (non-hydrogen) atoms. The lowest BCUT2D eigenvalue weighted by atomic mass is 10.0. The van der Waals surface area contributed by atoms with E-state index in [1.807, 2.05) is 37.3 Å². The fourth-order valence-corrected chi connectivity index (χ4v) is 3.32. The van der Waals surface area contributed by atoms with Crippen molar-refractivity contribution in [3.8, 4) is 0 Å². The van der Waals surface area contributed by atoms with Gasteiger partial charge in [0, 0.05) is 24.2 Å². The Kier molecular flexibility index (Phi) is 5.30. The largest absolute Gasteiger partial charge is 0.467 e. The number of rotatable bonds is 6. The molecule has 0 saturated carbocycles. The Morgan fingerprint density at radius 1 is 1.20 bits per heavy atom. The van der Waals surface area contributed by atoms with Crippen molar-refractivity contribution in [2.75, 3.05) is 11.9 Å². The van der Waals surface area contributed by atoms with Gasteiger partial charge in [-0.15, -0.1) is 0 Å². The summed E-state index contributed by atoms with van der Waals surface area (Å²) in [6.07, 6.45) is 2.14. The number of hydrogen-bond donors (Lipinski definition) is 1. The Morgan fingerprint density at radius 2 is 1.93 bits per heavy atom. The van der Waals surface area contributed by atoms with E-state index in [1.165, 1.54) is 17.1 Å². The molecular weight excluding hydrogens is 384 g/mol. The molecule has 8 nitrogen and oxygen atoms in total. The number of benzene rings is 2. The van der Waals surface area contributed by atoms with Crippen molar-refractivity contribution >= 4 is 23.0 Å². The van der Waals surface area contributed by atoms with E-state index in [0.29, 0.717) is 17.9 Å². The van der Waals surface area contributed by atoms with Crippen LogP contribution in [0.2, 0.25) is 0 Å². The number of nitro groups is 1. The third kappa shape index (κ3) is 4.07. The zero-order valence-corrected chi connectivity index (χ0v) is 16.3. The monoisotopic (exact) mass is 404 g/mol. The summed E-state index contributed by atoms with van der Waals surface area (Å²) < 4.78 is 5.55. The first-order valence-electron chi connectivity index (χ1n) is 9.49. The first kappa shape index (κ1) is 19.4. The third-order valence-corrected chi connectivity index (χ3v) is 4.94. The van der Waals surface area contributed by atoms with Crippen LogP contribution in [0.5, 0.6) is 0 Å². The van der Waals surface area contributed by atoms with Gasteiger partial charge < -0.3 is 9.73 Å². The number of furan rings is 1. The normalized spacial score (nSPS) is 15.7. The average molecular weight is 404 g/mol.